The Morgan fingerprint density at radius 1 is 1.12 bits per heavy atom. The van der Waals surface area contributed by atoms with E-state index in [4.69, 9.17) is 9.47 Å². The molecule has 2 aliphatic rings. The van der Waals surface area contributed by atoms with Gasteiger partial charge in [0.2, 0.25) is 10.0 Å². The Kier molecular flexibility index (Phi) is 4.62. The lowest BCUT2D eigenvalue weighted by atomic mass is 9.96. The maximum absolute atomic E-state index is 13.1. The largest absolute Gasteiger partial charge is 0.490 e. The molecule has 0 spiro atoms. The smallest absolute Gasteiger partial charge is 0.243 e. The second-order valence-corrected chi connectivity index (χ2v) is 8.71. The van der Waals surface area contributed by atoms with E-state index < -0.39 is 10.0 Å². The van der Waals surface area contributed by atoms with Crippen LogP contribution in [-0.2, 0) is 17.1 Å². The summed E-state index contributed by atoms with van der Waals surface area (Å²) in [7, 11) is -1.70. The Morgan fingerprint density at radius 3 is 2.69 bits per heavy atom. The van der Waals surface area contributed by atoms with Gasteiger partial charge >= 0.3 is 0 Å². The van der Waals surface area contributed by atoms with Gasteiger partial charge in [-0.15, -0.1) is 0 Å². The van der Waals surface area contributed by atoms with Gasteiger partial charge in [0, 0.05) is 44.7 Å². The van der Waals surface area contributed by atoms with Crippen LogP contribution in [0.15, 0.2) is 35.4 Å². The number of nitrogens with zero attached hydrogens (tertiary/aromatic N) is 3. The maximum Gasteiger partial charge on any atom is 0.243 e. The highest BCUT2D eigenvalue weighted by Crippen LogP contribution is 2.34. The van der Waals surface area contributed by atoms with Crippen molar-refractivity contribution in [2.45, 2.75) is 30.1 Å². The average Bonchev–Trinajstić information content (AvgIpc) is 2.95. The molecule has 1 aromatic carbocycles. The van der Waals surface area contributed by atoms with Gasteiger partial charge in [-0.25, -0.2) is 8.42 Å². The van der Waals surface area contributed by atoms with Gasteiger partial charge < -0.3 is 9.47 Å². The lowest BCUT2D eigenvalue weighted by molar-refractivity contribution is 0.296. The minimum absolute atomic E-state index is 0.125. The summed E-state index contributed by atoms with van der Waals surface area (Å²) >= 11 is 0. The van der Waals surface area contributed by atoms with Crippen molar-refractivity contribution in [3.63, 3.8) is 0 Å². The first-order valence-corrected chi connectivity index (χ1v) is 10.4. The lowest BCUT2D eigenvalue weighted by Gasteiger charge is -2.31. The fraction of sp³-hybridized carbons (Fsp3) is 0.500. The van der Waals surface area contributed by atoms with Crippen molar-refractivity contribution in [1.29, 1.82) is 0 Å². The molecule has 1 saturated heterocycles. The van der Waals surface area contributed by atoms with Crippen LogP contribution in [0.1, 0.15) is 30.9 Å². The molecular weight excluding hydrogens is 354 g/mol. The fourth-order valence-electron chi connectivity index (χ4n) is 3.51. The number of hydrogen-bond donors (Lipinski definition) is 0. The first kappa shape index (κ1) is 17.4. The summed E-state index contributed by atoms with van der Waals surface area (Å²) in [4.78, 5) is 0.253. The Bertz CT molecular complexity index is 894. The van der Waals surface area contributed by atoms with Crippen LogP contribution in [-0.4, -0.2) is 48.8 Å². The van der Waals surface area contributed by atoms with E-state index in [0.717, 1.165) is 25.0 Å². The quantitative estimate of drug-likeness (QED) is 0.819. The van der Waals surface area contributed by atoms with Gasteiger partial charge in [0.25, 0.3) is 0 Å². The monoisotopic (exact) mass is 377 g/mol. The maximum atomic E-state index is 13.1. The van der Waals surface area contributed by atoms with Gasteiger partial charge in [0.1, 0.15) is 0 Å². The number of aryl methyl sites for hydroxylation is 1. The molecule has 2 aliphatic heterocycles. The summed E-state index contributed by atoms with van der Waals surface area (Å²) < 4.78 is 40.8. The standard InChI is InChI=1S/C18H23N3O4S/c1-20-9-7-16(19-20)14-4-2-8-21(13-14)26(22,23)15-5-6-17-18(12-15)25-11-3-10-24-17/h5-7,9,12,14H,2-4,8,10-11,13H2,1H3. The predicted molar refractivity (Wildman–Crippen MR) is 96.0 cm³/mol. The molecule has 2 aromatic rings. The lowest BCUT2D eigenvalue weighted by Crippen LogP contribution is -2.39. The van der Waals surface area contributed by atoms with E-state index in [0.29, 0.717) is 37.8 Å². The number of rotatable bonds is 3. The van der Waals surface area contributed by atoms with Gasteiger partial charge in [-0.1, -0.05) is 0 Å². The summed E-state index contributed by atoms with van der Waals surface area (Å²) in [6.07, 6.45) is 4.45. The Labute approximate surface area is 153 Å². The van der Waals surface area contributed by atoms with E-state index in [9.17, 15) is 8.42 Å². The molecule has 1 fully saturated rings. The Hall–Kier alpha value is -2.06. The van der Waals surface area contributed by atoms with Crippen molar-refractivity contribution in [2.75, 3.05) is 26.3 Å². The van der Waals surface area contributed by atoms with Crippen molar-refractivity contribution >= 4 is 10.0 Å². The molecule has 0 bridgehead atoms. The van der Waals surface area contributed by atoms with E-state index in [1.54, 1.807) is 27.2 Å². The molecule has 140 valence electrons. The SMILES string of the molecule is Cn1ccc(C2CCCN(S(=O)(=O)c3ccc4c(c3)OCCCO4)C2)n1. The van der Waals surface area contributed by atoms with E-state index in [1.807, 2.05) is 19.3 Å². The first-order valence-electron chi connectivity index (χ1n) is 8.93. The van der Waals surface area contributed by atoms with Gasteiger partial charge in [-0.2, -0.15) is 9.40 Å². The van der Waals surface area contributed by atoms with E-state index in [1.165, 1.54) is 0 Å². The summed E-state index contributed by atoms with van der Waals surface area (Å²) in [6.45, 7) is 2.09. The molecule has 0 saturated carbocycles. The van der Waals surface area contributed by atoms with Crippen LogP contribution in [0.3, 0.4) is 0 Å². The van der Waals surface area contributed by atoms with Crippen molar-refractivity contribution in [2.24, 2.45) is 7.05 Å². The molecule has 0 amide bonds. The first-order chi connectivity index (χ1) is 12.5. The molecule has 1 atom stereocenters. The summed E-state index contributed by atoms with van der Waals surface area (Å²) in [6, 6.07) is 6.84. The zero-order chi connectivity index (χ0) is 18.1. The number of ether oxygens (including phenoxy) is 2. The minimum atomic E-state index is -3.58. The third-order valence-electron chi connectivity index (χ3n) is 4.89. The molecular formula is C18H23N3O4S. The Balaban J connectivity index is 1.58. The van der Waals surface area contributed by atoms with Crippen molar-refractivity contribution in [1.82, 2.24) is 14.1 Å². The van der Waals surface area contributed by atoms with E-state index >= 15 is 0 Å². The van der Waals surface area contributed by atoms with Crippen LogP contribution in [0.4, 0.5) is 0 Å². The molecule has 1 unspecified atom stereocenters. The van der Waals surface area contributed by atoms with Gasteiger partial charge in [-0.05, 0) is 31.0 Å². The number of piperidine rings is 1. The zero-order valence-electron chi connectivity index (χ0n) is 14.8. The second kappa shape index (κ2) is 6.92. The van der Waals surface area contributed by atoms with Gasteiger partial charge in [0.05, 0.1) is 23.8 Å². The topological polar surface area (TPSA) is 73.7 Å². The van der Waals surface area contributed by atoms with Crippen LogP contribution in [0.25, 0.3) is 0 Å². The van der Waals surface area contributed by atoms with Crippen molar-refractivity contribution in [3.8, 4) is 11.5 Å². The highest BCUT2D eigenvalue weighted by atomic mass is 32.2. The summed E-state index contributed by atoms with van der Waals surface area (Å²) in [5, 5.41) is 4.45. The molecule has 8 heteroatoms. The van der Waals surface area contributed by atoms with Gasteiger partial charge in [0.15, 0.2) is 11.5 Å². The van der Waals surface area contributed by atoms with E-state index in [-0.39, 0.29) is 10.8 Å². The van der Waals surface area contributed by atoms with Crippen molar-refractivity contribution in [3.05, 3.63) is 36.2 Å². The highest BCUT2D eigenvalue weighted by Gasteiger charge is 2.32. The fourth-order valence-corrected chi connectivity index (χ4v) is 5.05. The molecule has 4 rings (SSSR count). The van der Waals surface area contributed by atoms with Crippen LogP contribution < -0.4 is 9.47 Å². The normalized spacial score (nSPS) is 21.3. The summed E-state index contributed by atoms with van der Waals surface area (Å²) in [5.41, 5.74) is 0.950. The molecule has 0 N–H and O–H groups in total. The number of hydrogen-bond acceptors (Lipinski definition) is 5. The van der Waals surface area contributed by atoms with Gasteiger partial charge in [-0.3, -0.25) is 4.68 Å². The average molecular weight is 377 g/mol. The van der Waals surface area contributed by atoms with E-state index in [2.05, 4.69) is 5.10 Å². The third kappa shape index (κ3) is 3.31. The number of sulfonamides is 1. The molecule has 26 heavy (non-hydrogen) atoms. The highest BCUT2D eigenvalue weighted by molar-refractivity contribution is 7.89. The van der Waals surface area contributed by atoms with Crippen LogP contribution in [0.2, 0.25) is 0 Å². The molecule has 0 aliphatic carbocycles. The number of fused-ring (bicyclic) bond motifs is 1. The number of benzene rings is 1. The molecule has 3 heterocycles. The minimum Gasteiger partial charge on any atom is -0.490 e. The summed E-state index contributed by atoms with van der Waals surface area (Å²) in [5.74, 6) is 1.23. The molecule has 1 aromatic heterocycles. The Morgan fingerprint density at radius 2 is 1.92 bits per heavy atom. The predicted octanol–water partition coefficient (Wildman–Crippen LogP) is 2.15. The van der Waals surface area contributed by atoms with Crippen LogP contribution in [0.5, 0.6) is 11.5 Å². The molecule has 0 radical (unpaired) electrons. The number of aromatic nitrogens is 2. The zero-order valence-corrected chi connectivity index (χ0v) is 15.6. The van der Waals surface area contributed by atoms with Crippen LogP contribution >= 0.6 is 0 Å². The van der Waals surface area contributed by atoms with Crippen molar-refractivity contribution < 1.29 is 17.9 Å². The second-order valence-electron chi connectivity index (χ2n) is 6.78. The molecule has 7 nitrogen and oxygen atoms in total. The van der Waals surface area contributed by atoms with Crippen LogP contribution in [0, 0.1) is 0 Å². The third-order valence-corrected chi connectivity index (χ3v) is 6.75.